The summed E-state index contributed by atoms with van der Waals surface area (Å²) in [6.45, 7) is -0.613. The van der Waals surface area contributed by atoms with Crippen LogP contribution in [0.1, 0.15) is 18.1 Å². The molecule has 3 aromatic rings. The number of hydrogen-bond donors (Lipinski definition) is 2. The van der Waals surface area contributed by atoms with Crippen molar-refractivity contribution in [2.45, 2.75) is 44.4 Å². The predicted octanol–water partition coefficient (Wildman–Crippen LogP) is 3.70. The molecule has 34 heavy (non-hydrogen) atoms. The smallest absolute Gasteiger partial charge is 0.184 e. The Morgan fingerprint density at radius 1 is 0.706 bits per heavy atom. The van der Waals surface area contributed by atoms with Crippen molar-refractivity contribution in [3.05, 3.63) is 108 Å². The second-order valence-corrected chi connectivity index (χ2v) is 8.31. The molecular formula is C28H32O6. The molecule has 0 bridgehead atoms. The van der Waals surface area contributed by atoms with Gasteiger partial charge < -0.3 is 29.2 Å². The first-order valence-electron chi connectivity index (χ1n) is 12.1. The van der Waals surface area contributed by atoms with E-state index in [2.05, 4.69) is 0 Å². The number of ether oxygens (including phenoxy) is 4. The summed E-state index contributed by atoms with van der Waals surface area (Å²) in [6, 6.07) is 28.9. The second-order valence-electron chi connectivity index (χ2n) is 8.31. The van der Waals surface area contributed by atoms with Crippen molar-refractivity contribution in [1.29, 1.82) is 0 Å². The van der Waals surface area contributed by atoms with E-state index in [9.17, 15) is 10.2 Å². The van der Waals surface area contributed by atoms with Gasteiger partial charge in [0.25, 0.3) is 0 Å². The summed E-state index contributed by atoms with van der Waals surface area (Å²) in [5, 5.41) is 21.3. The van der Waals surface area contributed by atoms with Gasteiger partial charge in [-0.05, 0) is 16.7 Å². The van der Waals surface area contributed by atoms with Gasteiger partial charge in [0.2, 0.25) is 0 Å². The number of aliphatic hydroxyl groups is 2. The highest BCUT2D eigenvalue weighted by atomic mass is 16.7. The lowest BCUT2D eigenvalue weighted by Crippen LogP contribution is -2.58. The van der Waals surface area contributed by atoms with Crippen LogP contribution in [0, 0.1) is 5.92 Å². The van der Waals surface area contributed by atoms with E-state index < -0.39 is 37.1 Å². The topological polar surface area (TPSA) is 77.4 Å². The molecule has 1 saturated heterocycles. The molecule has 6 heteroatoms. The standard InChI is InChI=1S/C28H32O6/c29-16-24-25(20-31-17-21-10-4-1-5-11-21)34-28(30)27(33-19-23-14-8-3-9-15-23)26(24)32-18-22-12-6-2-7-13-22/h1-15,24-30H,16-20H2/t24-,25-,26+,27-,28?/m1/s1/i16D/t16?,24-,25-,26+,27-,28?. The molecule has 0 radical (unpaired) electrons. The number of rotatable bonds is 11. The van der Waals surface area contributed by atoms with Crippen LogP contribution in [0.5, 0.6) is 0 Å². The van der Waals surface area contributed by atoms with E-state index >= 15 is 0 Å². The molecule has 6 atom stereocenters. The van der Waals surface area contributed by atoms with E-state index in [0.29, 0.717) is 6.61 Å². The number of benzene rings is 3. The highest BCUT2D eigenvalue weighted by Gasteiger charge is 2.46. The van der Waals surface area contributed by atoms with Gasteiger partial charge in [-0.25, -0.2) is 0 Å². The Hall–Kier alpha value is -2.58. The monoisotopic (exact) mass is 465 g/mol. The third-order valence-corrected chi connectivity index (χ3v) is 5.86. The summed E-state index contributed by atoms with van der Waals surface area (Å²) in [7, 11) is 0. The Morgan fingerprint density at radius 3 is 1.68 bits per heavy atom. The van der Waals surface area contributed by atoms with Crippen molar-refractivity contribution in [2.24, 2.45) is 5.92 Å². The Bertz CT molecular complexity index is 988. The first-order chi connectivity index (χ1) is 17.1. The van der Waals surface area contributed by atoms with E-state index in [4.69, 9.17) is 20.3 Å². The van der Waals surface area contributed by atoms with E-state index in [1.165, 1.54) is 0 Å². The summed E-state index contributed by atoms with van der Waals surface area (Å²) >= 11 is 0. The lowest BCUT2D eigenvalue weighted by Gasteiger charge is -2.44. The molecule has 0 amide bonds. The van der Waals surface area contributed by atoms with Crippen molar-refractivity contribution in [1.82, 2.24) is 0 Å². The summed E-state index contributed by atoms with van der Waals surface area (Å²) < 4.78 is 32.1. The maximum absolute atomic E-state index is 10.9. The van der Waals surface area contributed by atoms with Crippen LogP contribution in [0.25, 0.3) is 0 Å². The van der Waals surface area contributed by atoms with Gasteiger partial charge in [-0.3, -0.25) is 0 Å². The van der Waals surface area contributed by atoms with Crippen LogP contribution in [0.3, 0.4) is 0 Å². The summed E-state index contributed by atoms with van der Waals surface area (Å²) in [5.41, 5.74) is 2.86. The van der Waals surface area contributed by atoms with Gasteiger partial charge in [-0.1, -0.05) is 91.0 Å². The largest absolute Gasteiger partial charge is 0.396 e. The average molecular weight is 466 g/mol. The predicted molar refractivity (Wildman–Crippen MR) is 128 cm³/mol. The molecule has 0 spiro atoms. The maximum Gasteiger partial charge on any atom is 0.184 e. The van der Waals surface area contributed by atoms with E-state index in [0.717, 1.165) is 16.7 Å². The molecule has 1 aliphatic rings. The average Bonchev–Trinajstić information content (AvgIpc) is 2.88. The van der Waals surface area contributed by atoms with Gasteiger partial charge in [-0.15, -0.1) is 0 Å². The third-order valence-electron chi connectivity index (χ3n) is 5.86. The third kappa shape index (κ3) is 6.73. The van der Waals surface area contributed by atoms with Gasteiger partial charge in [-0.2, -0.15) is 0 Å². The molecule has 2 N–H and O–H groups in total. The Balaban J connectivity index is 1.49. The van der Waals surface area contributed by atoms with Crippen molar-refractivity contribution in [3.63, 3.8) is 0 Å². The number of hydrogen-bond acceptors (Lipinski definition) is 6. The minimum atomic E-state index is -1.52. The van der Waals surface area contributed by atoms with E-state index in [1.807, 2.05) is 91.0 Å². The molecule has 2 unspecified atom stereocenters. The lowest BCUT2D eigenvalue weighted by molar-refractivity contribution is -0.301. The second kappa shape index (κ2) is 12.8. The molecule has 1 aliphatic heterocycles. The summed E-state index contributed by atoms with van der Waals surface area (Å²) in [5.74, 6) is -0.793. The van der Waals surface area contributed by atoms with Crippen LogP contribution in [0.4, 0.5) is 0 Å². The summed E-state index contributed by atoms with van der Waals surface area (Å²) in [6.07, 6.45) is -3.74. The van der Waals surface area contributed by atoms with Crippen LogP contribution in [0.2, 0.25) is 0 Å². The fraction of sp³-hybridized carbons (Fsp3) is 0.357. The molecule has 180 valence electrons. The normalized spacial score (nSPS) is 26.1. The molecule has 0 aromatic heterocycles. The lowest BCUT2D eigenvalue weighted by atomic mass is 9.89. The molecule has 4 rings (SSSR count). The Labute approximate surface area is 202 Å². The zero-order valence-electron chi connectivity index (χ0n) is 20.0. The zero-order valence-corrected chi connectivity index (χ0v) is 19.0. The zero-order chi connectivity index (χ0) is 24.5. The quantitative estimate of drug-likeness (QED) is 0.450. The molecule has 1 heterocycles. The van der Waals surface area contributed by atoms with Gasteiger partial charge >= 0.3 is 0 Å². The van der Waals surface area contributed by atoms with Crippen molar-refractivity contribution >= 4 is 0 Å². The van der Waals surface area contributed by atoms with Crippen molar-refractivity contribution in [2.75, 3.05) is 13.2 Å². The molecule has 0 aliphatic carbocycles. The van der Waals surface area contributed by atoms with E-state index in [1.54, 1.807) is 0 Å². The summed E-state index contributed by atoms with van der Waals surface area (Å²) in [4.78, 5) is 0. The van der Waals surface area contributed by atoms with Gasteiger partial charge in [0.15, 0.2) is 6.29 Å². The van der Waals surface area contributed by atoms with Crippen molar-refractivity contribution in [3.8, 4) is 0 Å². The Kier molecular flexibility index (Phi) is 8.70. The van der Waals surface area contributed by atoms with Crippen LogP contribution < -0.4 is 0 Å². The molecule has 6 nitrogen and oxygen atoms in total. The van der Waals surface area contributed by atoms with E-state index in [-0.39, 0.29) is 19.8 Å². The molecule has 1 fully saturated rings. The van der Waals surface area contributed by atoms with Crippen molar-refractivity contribution < 1.29 is 30.5 Å². The van der Waals surface area contributed by atoms with Crippen LogP contribution >= 0.6 is 0 Å². The highest BCUT2D eigenvalue weighted by molar-refractivity contribution is 5.15. The van der Waals surface area contributed by atoms with Crippen LogP contribution in [0.15, 0.2) is 91.0 Å². The minimum Gasteiger partial charge on any atom is -0.396 e. The Morgan fingerprint density at radius 2 is 1.18 bits per heavy atom. The van der Waals surface area contributed by atoms with Gasteiger partial charge in [0, 0.05) is 5.92 Å². The fourth-order valence-corrected chi connectivity index (χ4v) is 4.05. The molecule has 3 aromatic carbocycles. The highest BCUT2D eigenvalue weighted by Crippen LogP contribution is 2.31. The maximum atomic E-state index is 10.9. The fourth-order valence-electron chi connectivity index (χ4n) is 4.05. The number of aliphatic hydroxyl groups excluding tert-OH is 2. The first-order valence-corrected chi connectivity index (χ1v) is 11.5. The molecular weight excluding hydrogens is 432 g/mol. The molecule has 0 saturated carbocycles. The van der Waals surface area contributed by atoms with Crippen LogP contribution in [-0.4, -0.2) is 48.0 Å². The minimum absolute atomic E-state index is 0.0865. The van der Waals surface area contributed by atoms with Gasteiger partial charge in [0.05, 0.1) is 46.6 Å². The first kappa shape index (κ1) is 23.2. The van der Waals surface area contributed by atoms with Crippen LogP contribution in [-0.2, 0) is 38.8 Å². The van der Waals surface area contributed by atoms with Gasteiger partial charge in [0.1, 0.15) is 6.10 Å². The SMILES string of the molecule is [2H]C(O)[C@H]1[C@H](OCc2ccccc2)[C@@H](OCc2ccccc2)C(O)O[C@@H]1COCc1ccccc1.